The number of nitrogens with zero attached hydrogens (tertiary/aromatic N) is 3. The Morgan fingerprint density at radius 1 is 1.07 bits per heavy atom. The van der Waals surface area contributed by atoms with Gasteiger partial charge in [-0.2, -0.15) is 0 Å². The molecule has 3 aromatic heterocycles. The van der Waals surface area contributed by atoms with Crippen molar-refractivity contribution in [1.29, 1.82) is 0 Å². The Hall–Kier alpha value is -3.06. The van der Waals surface area contributed by atoms with Crippen LogP contribution in [0.3, 0.4) is 0 Å². The van der Waals surface area contributed by atoms with Crippen LogP contribution in [0.15, 0.2) is 57.0 Å². The molecule has 0 fully saturated rings. The number of hydrogen-bond acceptors (Lipinski definition) is 6. The van der Waals surface area contributed by atoms with Gasteiger partial charge in [0.1, 0.15) is 18.1 Å². The highest BCUT2D eigenvalue weighted by Gasteiger charge is 2.20. The van der Waals surface area contributed by atoms with Gasteiger partial charge < -0.3 is 18.2 Å². The Kier molecular flexibility index (Phi) is 4.68. The molecule has 138 valence electrons. The summed E-state index contributed by atoms with van der Waals surface area (Å²) in [5, 5.41) is 1.47. The van der Waals surface area contributed by atoms with Crippen LogP contribution in [0.1, 0.15) is 22.5 Å². The van der Waals surface area contributed by atoms with Crippen molar-refractivity contribution in [3.05, 3.63) is 71.2 Å². The number of fused-ring (bicyclic) bond motifs is 1. The monoisotopic (exact) mass is 385 g/mol. The van der Waals surface area contributed by atoms with Gasteiger partial charge in [-0.15, -0.1) is 0 Å². The van der Waals surface area contributed by atoms with Gasteiger partial charge in [0.15, 0.2) is 12.8 Å². The van der Waals surface area contributed by atoms with Crippen molar-refractivity contribution in [1.82, 2.24) is 14.9 Å². The maximum atomic E-state index is 13.0. The van der Waals surface area contributed by atoms with Gasteiger partial charge in [0, 0.05) is 16.0 Å². The summed E-state index contributed by atoms with van der Waals surface area (Å²) in [5.74, 6) is -0.0969. The molecule has 4 rings (SSSR count). The molecular weight excluding hydrogens is 370 g/mol. The molecule has 0 N–H and O–H groups in total. The second-order valence-corrected chi connectivity index (χ2v) is 6.65. The molecule has 0 aliphatic carbocycles. The molecule has 8 heteroatoms. The highest BCUT2D eigenvalue weighted by atomic mass is 35.5. The first-order chi connectivity index (χ1) is 13.1. The Labute approximate surface area is 159 Å². The lowest BCUT2D eigenvalue weighted by Crippen LogP contribution is -2.31. The molecular formula is C19H16ClN3O4. The summed E-state index contributed by atoms with van der Waals surface area (Å²) in [6.07, 6.45) is 7.46. The number of benzene rings is 1. The first-order valence-corrected chi connectivity index (χ1v) is 8.66. The molecule has 0 radical (unpaired) electrons. The van der Waals surface area contributed by atoms with Crippen LogP contribution in [-0.4, -0.2) is 20.8 Å². The van der Waals surface area contributed by atoms with E-state index in [0.29, 0.717) is 35.1 Å². The normalized spacial score (nSPS) is 11.2. The molecule has 0 bridgehead atoms. The average Bonchev–Trinajstić information content (AvgIpc) is 3.39. The predicted molar refractivity (Wildman–Crippen MR) is 96.9 cm³/mol. The van der Waals surface area contributed by atoms with E-state index in [1.54, 1.807) is 11.2 Å². The summed E-state index contributed by atoms with van der Waals surface area (Å²) in [4.78, 5) is 22.8. The summed E-state index contributed by atoms with van der Waals surface area (Å²) in [6, 6.07) is 3.70. The highest BCUT2D eigenvalue weighted by Crippen LogP contribution is 2.28. The van der Waals surface area contributed by atoms with Crippen LogP contribution in [-0.2, 0) is 24.3 Å². The maximum Gasteiger partial charge on any atom is 0.227 e. The van der Waals surface area contributed by atoms with Crippen LogP contribution >= 0.6 is 11.6 Å². The lowest BCUT2D eigenvalue weighted by Gasteiger charge is -2.20. The average molecular weight is 386 g/mol. The van der Waals surface area contributed by atoms with Crippen molar-refractivity contribution in [2.45, 2.75) is 26.4 Å². The Morgan fingerprint density at radius 2 is 1.74 bits per heavy atom. The van der Waals surface area contributed by atoms with Gasteiger partial charge in [0.25, 0.3) is 0 Å². The predicted octanol–water partition coefficient (Wildman–Crippen LogP) is 4.14. The maximum absolute atomic E-state index is 13.0. The smallest absolute Gasteiger partial charge is 0.227 e. The fourth-order valence-electron chi connectivity index (χ4n) is 2.87. The van der Waals surface area contributed by atoms with Crippen molar-refractivity contribution in [3.8, 4) is 0 Å². The SMILES string of the molecule is Cc1cc2occ(CC(=O)N(Cc3cocn3)Cc3cocn3)c2cc1Cl. The van der Waals surface area contributed by atoms with Gasteiger partial charge in [0.05, 0.1) is 37.2 Å². The number of rotatable bonds is 6. The summed E-state index contributed by atoms with van der Waals surface area (Å²) in [7, 11) is 0. The summed E-state index contributed by atoms with van der Waals surface area (Å²) >= 11 is 6.23. The number of oxazole rings is 2. The summed E-state index contributed by atoms with van der Waals surface area (Å²) in [5.41, 5.74) is 3.72. The number of aryl methyl sites for hydroxylation is 1. The largest absolute Gasteiger partial charge is 0.464 e. The Morgan fingerprint density at radius 3 is 2.33 bits per heavy atom. The van der Waals surface area contributed by atoms with Crippen LogP contribution in [0.5, 0.6) is 0 Å². The number of carbonyl (C=O) groups is 1. The van der Waals surface area contributed by atoms with Crippen LogP contribution in [0.25, 0.3) is 11.0 Å². The standard InChI is InChI=1S/C19H16ClN3O4/c1-12-2-18-16(4-17(12)20)13(7-27-18)3-19(24)23(5-14-8-25-10-21-14)6-15-9-26-11-22-15/h2,4,7-11H,3,5-6H2,1H3. The van der Waals surface area contributed by atoms with Gasteiger partial charge in [-0.1, -0.05) is 11.6 Å². The van der Waals surface area contributed by atoms with E-state index in [9.17, 15) is 4.79 Å². The van der Waals surface area contributed by atoms with Crippen molar-refractivity contribution >= 4 is 28.5 Å². The summed E-state index contributed by atoms with van der Waals surface area (Å²) < 4.78 is 15.6. The van der Waals surface area contributed by atoms with Gasteiger partial charge in [-0.3, -0.25) is 4.79 Å². The fourth-order valence-corrected chi connectivity index (χ4v) is 3.03. The highest BCUT2D eigenvalue weighted by molar-refractivity contribution is 6.32. The van der Waals surface area contributed by atoms with E-state index in [1.165, 1.54) is 25.3 Å². The Bertz CT molecular complexity index is 1020. The van der Waals surface area contributed by atoms with E-state index in [4.69, 9.17) is 24.9 Å². The molecule has 0 unspecified atom stereocenters. The third-order valence-corrected chi connectivity index (χ3v) is 4.71. The molecule has 0 saturated heterocycles. The third-order valence-electron chi connectivity index (χ3n) is 4.30. The minimum atomic E-state index is -0.0969. The molecule has 1 amide bonds. The Balaban J connectivity index is 1.58. The van der Waals surface area contributed by atoms with Gasteiger partial charge >= 0.3 is 0 Å². The lowest BCUT2D eigenvalue weighted by molar-refractivity contribution is -0.131. The van der Waals surface area contributed by atoms with Crippen molar-refractivity contribution in [3.63, 3.8) is 0 Å². The van der Waals surface area contributed by atoms with E-state index in [2.05, 4.69) is 9.97 Å². The number of amides is 1. The second kappa shape index (κ2) is 7.28. The van der Waals surface area contributed by atoms with E-state index < -0.39 is 0 Å². The molecule has 0 aliphatic heterocycles. The first kappa shape index (κ1) is 17.4. The topological polar surface area (TPSA) is 85.5 Å². The molecule has 7 nitrogen and oxygen atoms in total. The molecule has 4 aromatic rings. The zero-order chi connectivity index (χ0) is 18.8. The number of furan rings is 1. The minimum absolute atomic E-state index is 0.0969. The van der Waals surface area contributed by atoms with Gasteiger partial charge in [0.2, 0.25) is 5.91 Å². The zero-order valence-electron chi connectivity index (χ0n) is 14.5. The van der Waals surface area contributed by atoms with Crippen LogP contribution < -0.4 is 0 Å². The van der Waals surface area contributed by atoms with E-state index >= 15 is 0 Å². The van der Waals surface area contributed by atoms with Crippen molar-refractivity contribution < 1.29 is 18.0 Å². The molecule has 0 saturated carbocycles. The first-order valence-electron chi connectivity index (χ1n) is 8.28. The molecule has 3 heterocycles. The quantitative estimate of drug-likeness (QED) is 0.495. The fraction of sp³-hybridized carbons (Fsp3) is 0.211. The summed E-state index contributed by atoms with van der Waals surface area (Å²) in [6.45, 7) is 2.52. The third kappa shape index (κ3) is 3.73. The van der Waals surface area contributed by atoms with Crippen LogP contribution in [0, 0.1) is 6.92 Å². The molecule has 0 atom stereocenters. The lowest BCUT2D eigenvalue weighted by atomic mass is 10.1. The van der Waals surface area contributed by atoms with Crippen LogP contribution in [0.4, 0.5) is 0 Å². The van der Waals surface area contributed by atoms with Crippen molar-refractivity contribution in [2.75, 3.05) is 0 Å². The van der Waals surface area contributed by atoms with E-state index in [0.717, 1.165) is 16.5 Å². The number of aromatic nitrogens is 2. The van der Waals surface area contributed by atoms with E-state index in [-0.39, 0.29) is 12.3 Å². The zero-order valence-corrected chi connectivity index (χ0v) is 15.3. The van der Waals surface area contributed by atoms with Gasteiger partial charge in [-0.05, 0) is 24.6 Å². The van der Waals surface area contributed by atoms with E-state index in [1.807, 2.05) is 19.1 Å². The number of halogens is 1. The van der Waals surface area contributed by atoms with Gasteiger partial charge in [-0.25, -0.2) is 9.97 Å². The number of hydrogen-bond donors (Lipinski definition) is 0. The molecule has 1 aromatic carbocycles. The molecule has 0 aliphatic rings. The number of carbonyl (C=O) groups excluding carboxylic acids is 1. The second-order valence-electron chi connectivity index (χ2n) is 6.24. The minimum Gasteiger partial charge on any atom is -0.464 e. The molecule has 0 spiro atoms. The van der Waals surface area contributed by atoms with Crippen molar-refractivity contribution in [2.24, 2.45) is 0 Å². The van der Waals surface area contributed by atoms with Crippen LogP contribution in [0.2, 0.25) is 5.02 Å². The molecule has 27 heavy (non-hydrogen) atoms.